The second kappa shape index (κ2) is 6.38. The minimum absolute atomic E-state index is 0.105. The second-order valence-electron chi connectivity index (χ2n) is 7.02. The summed E-state index contributed by atoms with van der Waals surface area (Å²) < 4.78 is 0.964. The number of piperidine rings is 3. The van der Waals surface area contributed by atoms with Crippen molar-refractivity contribution in [2.24, 2.45) is 5.92 Å². The molecule has 3 saturated heterocycles. The number of thiophene rings is 1. The van der Waals surface area contributed by atoms with E-state index in [1.807, 2.05) is 12.1 Å². The van der Waals surface area contributed by atoms with E-state index in [0.29, 0.717) is 17.7 Å². The molecule has 0 radical (unpaired) electrons. The summed E-state index contributed by atoms with van der Waals surface area (Å²) in [5, 5.41) is 5.01. The van der Waals surface area contributed by atoms with Crippen LogP contribution in [0.4, 0.5) is 5.00 Å². The van der Waals surface area contributed by atoms with Crippen molar-refractivity contribution in [2.45, 2.75) is 31.8 Å². The Bertz CT molecular complexity index is 811. The van der Waals surface area contributed by atoms with E-state index in [2.05, 4.69) is 22.1 Å². The summed E-state index contributed by atoms with van der Waals surface area (Å²) in [4.78, 5) is 32.0. The molecule has 0 spiro atoms. The molecule has 25 heavy (non-hydrogen) atoms. The molecule has 5 rings (SSSR count). The number of anilines is 1. The second-order valence-corrected chi connectivity index (χ2v) is 8.08. The maximum Gasteiger partial charge on any atom is 0.270 e. The molecule has 2 atom stereocenters. The zero-order valence-corrected chi connectivity index (χ0v) is 15.3. The molecule has 5 heterocycles. The van der Waals surface area contributed by atoms with Crippen LogP contribution in [0.15, 0.2) is 18.3 Å². The van der Waals surface area contributed by atoms with Crippen LogP contribution < -0.4 is 10.2 Å². The Hall–Kier alpha value is -1.99. The Morgan fingerprint density at radius 3 is 2.84 bits per heavy atom. The lowest BCUT2D eigenvalue weighted by Crippen LogP contribution is -2.62. The molecule has 0 aliphatic carbocycles. The standard InChI is InChI=1S/C18H22N4O2S/c1-11-17(12-3-5-22(11)6-4-12)20-18(24)14-8-15-13(9-19-14)7-16(25-15)21(2)10-23/h7-12,17H,3-6H2,1-2H3,(H,20,24). The molecule has 132 valence electrons. The molecule has 0 aromatic carbocycles. The molecular weight excluding hydrogens is 336 g/mol. The highest BCUT2D eigenvalue weighted by atomic mass is 32.1. The third kappa shape index (κ3) is 2.91. The maximum absolute atomic E-state index is 12.7. The smallest absolute Gasteiger partial charge is 0.270 e. The number of pyridine rings is 1. The molecule has 0 saturated carbocycles. The highest BCUT2D eigenvalue weighted by Gasteiger charge is 2.40. The number of rotatable bonds is 4. The largest absolute Gasteiger partial charge is 0.346 e. The molecule has 2 aromatic heterocycles. The Morgan fingerprint density at radius 2 is 2.16 bits per heavy atom. The lowest BCUT2D eigenvalue weighted by atomic mass is 9.79. The van der Waals surface area contributed by atoms with Crippen molar-refractivity contribution < 1.29 is 9.59 Å². The molecule has 2 unspecified atom stereocenters. The van der Waals surface area contributed by atoms with Gasteiger partial charge in [-0.25, -0.2) is 0 Å². The fourth-order valence-electron chi connectivity index (χ4n) is 4.04. The van der Waals surface area contributed by atoms with Gasteiger partial charge >= 0.3 is 0 Å². The first kappa shape index (κ1) is 16.5. The summed E-state index contributed by atoms with van der Waals surface area (Å²) >= 11 is 1.49. The predicted molar refractivity (Wildman–Crippen MR) is 99.1 cm³/mol. The minimum atomic E-state index is -0.105. The van der Waals surface area contributed by atoms with Gasteiger partial charge in [-0.05, 0) is 50.9 Å². The molecule has 1 N–H and O–H groups in total. The van der Waals surface area contributed by atoms with E-state index < -0.39 is 0 Å². The van der Waals surface area contributed by atoms with Crippen LogP contribution in [0.1, 0.15) is 30.3 Å². The van der Waals surface area contributed by atoms with Crippen LogP contribution >= 0.6 is 11.3 Å². The van der Waals surface area contributed by atoms with Gasteiger partial charge in [0.15, 0.2) is 0 Å². The molecular formula is C18H22N4O2S. The average Bonchev–Trinajstić information content (AvgIpc) is 3.07. The third-order valence-electron chi connectivity index (χ3n) is 5.60. The lowest BCUT2D eigenvalue weighted by Gasteiger charge is -2.49. The van der Waals surface area contributed by atoms with Crippen molar-refractivity contribution in [3.63, 3.8) is 0 Å². The summed E-state index contributed by atoms with van der Waals surface area (Å²) in [6.45, 7) is 4.49. The van der Waals surface area contributed by atoms with Crippen LogP contribution in [0, 0.1) is 5.92 Å². The van der Waals surface area contributed by atoms with Crippen LogP contribution in [-0.2, 0) is 4.79 Å². The van der Waals surface area contributed by atoms with Crippen LogP contribution in [0.3, 0.4) is 0 Å². The van der Waals surface area contributed by atoms with Crippen molar-refractivity contribution >= 4 is 38.7 Å². The molecule has 2 bridgehead atoms. The topological polar surface area (TPSA) is 65.5 Å². The first-order valence-electron chi connectivity index (χ1n) is 8.69. The summed E-state index contributed by atoms with van der Waals surface area (Å²) in [6, 6.07) is 4.32. The van der Waals surface area contributed by atoms with Gasteiger partial charge in [0.1, 0.15) is 5.69 Å². The number of fused-ring (bicyclic) bond motifs is 4. The van der Waals surface area contributed by atoms with Crippen molar-refractivity contribution in [3.05, 3.63) is 24.0 Å². The number of hydrogen-bond acceptors (Lipinski definition) is 5. The van der Waals surface area contributed by atoms with E-state index in [9.17, 15) is 9.59 Å². The van der Waals surface area contributed by atoms with Crippen molar-refractivity contribution in [2.75, 3.05) is 25.0 Å². The SMILES string of the molecule is CC1C(NC(=O)c2cc3sc(N(C)C=O)cc3cn2)C2CCN1CC2. The quantitative estimate of drug-likeness (QED) is 0.850. The molecule has 7 heteroatoms. The zero-order valence-electron chi connectivity index (χ0n) is 14.4. The normalized spacial score (nSPS) is 28.1. The molecule has 3 aliphatic heterocycles. The number of hydrogen-bond donors (Lipinski definition) is 1. The molecule has 2 amide bonds. The monoisotopic (exact) mass is 358 g/mol. The molecule has 2 aromatic rings. The third-order valence-corrected chi connectivity index (χ3v) is 6.79. The summed E-state index contributed by atoms with van der Waals surface area (Å²) in [7, 11) is 1.72. The fourth-order valence-corrected chi connectivity index (χ4v) is 5.04. The summed E-state index contributed by atoms with van der Waals surface area (Å²) in [5.41, 5.74) is 0.443. The number of carbonyl (C=O) groups is 2. The van der Waals surface area contributed by atoms with Gasteiger partial charge in [-0.3, -0.25) is 19.5 Å². The number of nitrogens with one attached hydrogen (secondary N) is 1. The number of amides is 2. The van der Waals surface area contributed by atoms with E-state index in [-0.39, 0.29) is 11.9 Å². The van der Waals surface area contributed by atoms with Crippen molar-refractivity contribution in [1.82, 2.24) is 15.2 Å². The van der Waals surface area contributed by atoms with Crippen LogP contribution in [0.2, 0.25) is 0 Å². The molecule has 6 nitrogen and oxygen atoms in total. The van der Waals surface area contributed by atoms with E-state index in [1.54, 1.807) is 13.2 Å². The molecule has 3 fully saturated rings. The van der Waals surface area contributed by atoms with Crippen LogP contribution in [0.25, 0.3) is 10.1 Å². The summed E-state index contributed by atoms with van der Waals surface area (Å²) in [6.07, 6.45) is 4.81. The lowest BCUT2D eigenvalue weighted by molar-refractivity contribution is -0.107. The number of nitrogens with zero attached hydrogens (tertiary/aromatic N) is 3. The van der Waals surface area contributed by atoms with Gasteiger partial charge < -0.3 is 10.2 Å². The van der Waals surface area contributed by atoms with E-state index in [4.69, 9.17) is 0 Å². The maximum atomic E-state index is 12.7. The van der Waals surface area contributed by atoms with Gasteiger partial charge in [-0.15, -0.1) is 11.3 Å². The Balaban J connectivity index is 1.54. The van der Waals surface area contributed by atoms with Gasteiger partial charge in [0.25, 0.3) is 5.91 Å². The summed E-state index contributed by atoms with van der Waals surface area (Å²) in [5.74, 6) is 0.466. The average molecular weight is 358 g/mol. The van der Waals surface area contributed by atoms with Gasteiger partial charge in [0.2, 0.25) is 6.41 Å². The van der Waals surface area contributed by atoms with Gasteiger partial charge in [0, 0.05) is 35.4 Å². The highest BCUT2D eigenvalue weighted by molar-refractivity contribution is 7.23. The Kier molecular flexibility index (Phi) is 4.21. The zero-order chi connectivity index (χ0) is 17.6. The Labute approximate surface area is 150 Å². The number of aromatic nitrogens is 1. The van der Waals surface area contributed by atoms with Gasteiger partial charge in [-0.1, -0.05) is 0 Å². The van der Waals surface area contributed by atoms with E-state index >= 15 is 0 Å². The first-order valence-corrected chi connectivity index (χ1v) is 9.51. The Morgan fingerprint density at radius 1 is 1.40 bits per heavy atom. The first-order chi connectivity index (χ1) is 12.1. The van der Waals surface area contributed by atoms with Crippen LogP contribution in [-0.4, -0.2) is 54.4 Å². The van der Waals surface area contributed by atoms with Crippen molar-refractivity contribution in [3.8, 4) is 0 Å². The minimum Gasteiger partial charge on any atom is -0.346 e. The van der Waals surface area contributed by atoms with Crippen molar-refractivity contribution in [1.29, 1.82) is 0 Å². The van der Waals surface area contributed by atoms with Gasteiger partial charge in [0.05, 0.1) is 5.00 Å². The van der Waals surface area contributed by atoms with E-state index in [1.165, 1.54) is 16.2 Å². The molecule has 3 aliphatic rings. The predicted octanol–water partition coefficient (Wildman–Crippen LogP) is 2.10. The van der Waals surface area contributed by atoms with Gasteiger partial charge in [-0.2, -0.15) is 0 Å². The number of carbonyl (C=O) groups excluding carboxylic acids is 2. The fraction of sp³-hybridized carbons (Fsp3) is 0.500. The van der Waals surface area contributed by atoms with Crippen LogP contribution in [0.5, 0.6) is 0 Å². The van der Waals surface area contributed by atoms with E-state index in [0.717, 1.165) is 47.4 Å². The highest BCUT2D eigenvalue weighted by Crippen LogP contribution is 2.33.